The lowest BCUT2D eigenvalue weighted by atomic mass is 10.1. The molecule has 0 aliphatic heterocycles. The minimum atomic E-state index is -0.212. The second-order valence-corrected chi connectivity index (χ2v) is 6.21. The Bertz CT molecular complexity index is 1080. The van der Waals surface area contributed by atoms with Crippen molar-refractivity contribution in [3.05, 3.63) is 96.1 Å². The number of hydrogen-bond donors (Lipinski definition) is 1. The molecular formula is C21H18N6O2. The van der Waals surface area contributed by atoms with Gasteiger partial charge in [-0.3, -0.25) is 9.78 Å². The van der Waals surface area contributed by atoms with E-state index in [-0.39, 0.29) is 5.91 Å². The van der Waals surface area contributed by atoms with E-state index >= 15 is 0 Å². The van der Waals surface area contributed by atoms with Crippen LogP contribution in [0.2, 0.25) is 0 Å². The smallest absolute Gasteiger partial charge is 0.253 e. The highest BCUT2D eigenvalue weighted by atomic mass is 16.5. The molecule has 29 heavy (non-hydrogen) atoms. The Hall–Kier alpha value is -4.07. The summed E-state index contributed by atoms with van der Waals surface area (Å²) >= 11 is 0. The molecule has 0 atom stereocenters. The summed E-state index contributed by atoms with van der Waals surface area (Å²) in [5.41, 5.74) is 2.88. The predicted octanol–water partition coefficient (Wildman–Crippen LogP) is 2.57. The number of amides is 1. The van der Waals surface area contributed by atoms with Crippen LogP contribution in [0, 0.1) is 0 Å². The van der Waals surface area contributed by atoms with Crippen molar-refractivity contribution in [2.75, 3.05) is 0 Å². The zero-order valence-electron chi connectivity index (χ0n) is 15.5. The average molecular weight is 386 g/mol. The maximum atomic E-state index is 12.7. The van der Waals surface area contributed by atoms with Crippen LogP contribution in [0.4, 0.5) is 0 Å². The van der Waals surface area contributed by atoms with Gasteiger partial charge in [0, 0.05) is 12.7 Å². The lowest BCUT2D eigenvalue weighted by Crippen LogP contribution is -2.24. The van der Waals surface area contributed by atoms with Crippen LogP contribution < -0.4 is 10.1 Å². The van der Waals surface area contributed by atoms with E-state index in [1.54, 1.807) is 24.4 Å². The van der Waals surface area contributed by atoms with Crippen LogP contribution in [0.25, 0.3) is 5.69 Å². The number of aromatic nitrogens is 5. The number of pyridine rings is 1. The summed E-state index contributed by atoms with van der Waals surface area (Å²) in [6.45, 7) is 0.750. The Labute approximate surface area is 167 Å². The van der Waals surface area contributed by atoms with Crippen LogP contribution in [0.1, 0.15) is 21.6 Å². The van der Waals surface area contributed by atoms with Crippen molar-refractivity contribution in [1.82, 2.24) is 30.5 Å². The van der Waals surface area contributed by atoms with Crippen LogP contribution in [0.15, 0.2) is 79.3 Å². The van der Waals surface area contributed by atoms with Crippen molar-refractivity contribution in [2.24, 2.45) is 0 Å². The van der Waals surface area contributed by atoms with Crippen molar-refractivity contribution in [3.8, 4) is 11.4 Å². The molecule has 144 valence electrons. The number of hydrogen-bond acceptors (Lipinski definition) is 6. The molecule has 0 saturated carbocycles. The van der Waals surface area contributed by atoms with E-state index in [9.17, 15) is 4.79 Å². The van der Waals surface area contributed by atoms with Crippen molar-refractivity contribution in [3.63, 3.8) is 0 Å². The molecule has 4 rings (SSSR count). The number of nitrogens with one attached hydrogen (secondary N) is 1. The maximum absolute atomic E-state index is 12.7. The van der Waals surface area contributed by atoms with Gasteiger partial charge in [0.2, 0.25) is 0 Å². The number of carbonyl (C=O) groups excluding carboxylic acids is 1. The summed E-state index contributed by atoms with van der Waals surface area (Å²) in [6.07, 6.45) is 3.19. The summed E-state index contributed by atoms with van der Waals surface area (Å²) in [5.74, 6) is 0.507. The van der Waals surface area contributed by atoms with Gasteiger partial charge in [0.05, 0.1) is 16.9 Å². The summed E-state index contributed by atoms with van der Waals surface area (Å²) in [7, 11) is 0. The SMILES string of the molecule is O=C(NCc1cccc(OCc2ccccn2)c1)c1ccccc1-n1cnnn1. The lowest BCUT2D eigenvalue weighted by Gasteiger charge is -2.11. The van der Waals surface area contributed by atoms with E-state index in [0.717, 1.165) is 17.0 Å². The van der Waals surface area contributed by atoms with Crippen LogP contribution in [0.3, 0.4) is 0 Å². The summed E-state index contributed by atoms with van der Waals surface area (Å²) in [4.78, 5) is 16.9. The zero-order chi connectivity index (χ0) is 19.9. The van der Waals surface area contributed by atoms with Crippen molar-refractivity contribution in [2.45, 2.75) is 13.2 Å². The molecule has 0 aliphatic carbocycles. The molecule has 2 aromatic heterocycles. The van der Waals surface area contributed by atoms with Gasteiger partial charge >= 0.3 is 0 Å². The third-order valence-corrected chi connectivity index (χ3v) is 4.21. The third kappa shape index (κ3) is 4.62. The second kappa shape index (κ2) is 8.75. The van der Waals surface area contributed by atoms with E-state index in [1.807, 2.05) is 48.5 Å². The maximum Gasteiger partial charge on any atom is 0.253 e. The van der Waals surface area contributed by atoms with Crippen molar-refractivity contribution in [1.29, 1.82) is 0 Å². The van der Waals surface area contributed by atoms with Gasteiger partial charge < -0.3 is 10.1 Å². The van der Waals surface area contributed by atoms with E-state index in [2.05, 4.69) is 25.8 Å². The van der Waals surface area contributed by atoms with E-state index in [4.69, 9.17) is 4.74 Å². The number of carbonyl (C=O) groups is 1. The van der Waals surface area contributed by atoms with E-state index in [1.165, 1.54) is 11.0 Å². The van der Waals surface area contributed by atoms with Crippen LogP contribution >= 0.6 is 0 Å². The fourth-order valence-corrected chi connectivity index (χ4v) is 2.80. The highest BCUT2D eigenvalue weighted by Gasteiger charge is 2.13. The van der Waals surface area contributed by atoms with Gasteiger partial charge in [-0.05, 0) is 52.4 Å². The highest BCUT2D eigenvalue weighted by Crippen LogP contribution is 2.16. The fourth-order valence-electron chi connectivity index (χ4n) is 2.80. The molecule has 8 nitrogen and oxygen atoms in total. The van der Waals surface area contributed by atoms with Gasteiger partial charge in [0.15, 0.2) is 0 Å². The second-order valence-electron chi connectivity index (χ2n) is 6.21. The summed E-state index contributed by atoms with van der Waals surface area (Å²) in [5, 5.41) is 14.0. The fraction of sp³-hybridized carbons (Fsp3) is 0.0952. The molecule has 0 aliphatic rings. The first-order valence-corrected chi connectivity index (χ1v) is 9.02. The van der Waals surface area contributed by atoms with Gasteiger partial charge in [-0.25, -0.2) is 0 Å². The monoisotopic (exact) mass is 386 g/mol. The number of benzene rings is 2. The Morgan fingerprint density at radius 2 is 1.93 bits per heavy atom. The predicted molar refractivity (Wildman–Crippen MR) is 105 cm³/mol. The number of para-hydroxylation sites is 1. The molecule has 1 N–H and O–H groups in total. The summed E-state index contributed by atoms with van der Waals surface area (Å²) < 4.78 is 7.25. The Morgan fingerprint density at radius 1 is 1.03 bits per heavy atom. The van der Waals surface area contributed by atoms with Gasteiger partial charge in [-0.15, -0.1) is 5.10 Å². The van der Waals surface area contributed by atoms with Crippen molar-refractivity contribution < 1.29 is 9.53 Å². The Morgan fingerprint density at radius 3 is 2.76 bits per heavy atom. The molecule has 0 saturated heterocycles. The molecule has 4 aromatic rings. The first kappa shape index (κ1) is 18.3. The minimum Gasteiger partial charge on any atom is -0.487 e. The van der Waals surface area contributed by atoms with Crippen molar-refractivity contribution >= 4 is 5.91 Å². The molecule has 0 bridgehead atoms. The first-order chi connectivity index (χ1) is 14.3. The molecule has 8 heteroatoms. The molecule has 2 heterocycles. The largest absolute Gasteiger partial charge is 0.487 e. The van der Waals surface area contributed by atoms with Gasteiger partial charge in [0.25, 0.3) is 5.91 Å². The number of nitrogens with zero attached hydrogens (tertiary/aromatic N) is 5. The average Bonchev–Trinajstić information content (AvgIpc) is 3.32. The molecule has 0 radical (unpaired) electrons. The molecule has 0 unspecified atom stereocenters. The lowest BCUT2D eigenvalue weighted by molar-refractivity contribution is 0.0950. The van der Waals surface area contributed by atoms with Gasteiger partial charge in [-0.2, -0.15) is 4.68 Å². The third-order valence-electron chi connectivity index (χ3n) is 4.21. The normalized spacial score (nSPS) is 10.5. The van der Waals surface area contributed by atoms with E-state index < -0.39 is 0 Å². The van der Waals surface area contributed by atoms with Crippen LogP contribution in [-0.4, -0.2) is 31.1 Å². The number of tetrazole rings is 1. The molecule has 0 spiro atoms. The number of rotatable bonds is 7. The van der Waals surface area contributed by atoms with Crippen LogP contribution in [-0.2, 0) is 13.2 Å². The number of ether oxygens (including phenoxy) is 1. The van der Waals surface area contributed by atoms with Gasteiger partial charge in [0.1, 0.15) is 18.7 Å². The Balaban J connectivity index is 1.40. The minimum absolute atomic E-state index is 0.212. The zero-order valence-corrected chi connectivity index (χ0v) is 15.5. The molecule has 2 aromatic carbocycles. The quantitative estimate of drug-likeness (QED) is 0.525. The molecule has 1 amide bonds. The highest BCUT2D eigenvalue weighted by molar-refractivity contribution is 5.97. The molecule has 0 fully saturated rings. The first-order valence-electron chi connectivity index (χ1n) is 9.02. The standard InChI is InChI=1S/C21H18N6O2/c28-21(19-9-1-2-10-20(19)27-15-24-25-26-27)23-13-16-6-5-8-18(12-16)29-14-17-7-3-4-11-22-17/h1-12,15H,13-14H2,(H,23,28). The summed E-state index contributed by atoms with van der Waals surface area (Å²) in [6, 6.07) is 20.5. The van der Waals surface area contributed by atoms with Gasteiger partial charge in [-0.1, -0.05) is 30.3 Å². The molecular weight excluding hydrogens is 368 g/mol. The Kier molecular flexibility index (Phi) is 5.52. The van der Waals surface area contributed by atoms with E-state index in [0.29, 0.717) is 24.4 Å². The topological polar surface area (TPSA) is 94.8 Å². The van der Waals surface area contributed by atoms with Crippen LogP contribution in [0.5, 0.6) is 5.75 Å².